The van der Waals surface area contributed by atoms with Crippen LogP contribution in [0.1, 0.15) is 52.9 Å². The van der Waals surface area contributed by atoms with Crippen molar-refractivity contribution in [2.24, 2.45) is 11.8 Å². The average molecular weight is 566 g/mol. The Morgan fingerprint density at radius 1 is 0.951 bits per heavy atom. The van der Waals surface area contributed by atoms with Crippen molar-refractivity contribution >= 4 is 29.2 Å². The van der Waals surface area contributed by atoms with E-state index in [-0.39, 0.29) is 25.0 Å². The minimum atomic E-state index is -1.30. The maximum absolute atomic E-state index is 14.6. The van der Waals surface area contributed by atoms with Gasteiger partial charge in [-0.15, -0.1) is 0 Å². The summed E-state index contributed by atoms with van der Waals surface area (Å²) in [5.41, 5.74) is -0.503. The molecule has 1 spiro atoms. The van der Waals surface area contributed by atoms with Gasteiger partial charge in [0, 0.05) is 44.2 Å². The van der Waals surface area contributed by atoms with Crippen molar-refractivity contribution < 1.29 is 29.0 Å². The van der Waals surface area contributed by atoms with Crippen LogP contribution in [0.25, 0.3) is 0 Å². The van der Waals surface area contributed by atoms with Crippen LogP contribution in [0.2, 0.25) is 0 Å². The van der Waals surface area contributed by atoms with Gasteiger partial charge in [0.05, 0.1) is 12.5 Å². The van der Waals surface area contributed by atoms with Gasteiger partial charge in [0.2, 0.25) is 5.91 Å². The first-order valence-corrected chi connectivity index (χ1v) is 15.2. The van der Waals surface area contributed by atoms with Gasteiger partial charge in [-0.1, -0.05) is 31.2 Å². The molecule has 1 unspecified atom stereocenters. The number of likely N-dealkylation sites (tertiary alicyclic amines) is 1. The van der Waals surface area contributed by atoms with E-state index in [4.69, 9.17) is 9.47 Å². The van der Waals surface area contributed by atoms with Crippen LogP contribution >= 0.6 is 0 Å². The third-order valence-electron chi connectivity index (χ3n) is 9.25. The lowest BCUT2D eigenvalue weighted by Gasteiger charge is -2.38. The van der Waals surface area contributed by atoms with Crippen LogP contribution in [0.4, 0.5) is 11.4 Å². The molecule has 1 aromatic carbocycles. The summed E-state index contributed by atoms with van der Waals surface area (Å²) in [4.78, 5) is 48.0. The molecule has 5 rings (SSSR count). The third-order valence-corrected chi connectivity index (χ3v) is 9.25. The van der Waals surface area contributed by atoms with Gasteiger partial charge < -0.3 is 29.3 Å². The minimum absolute atomic E-state index is 0.0747. The molecule has 2 fully saturated rings. The summed E-state index contributed by atoms with van der Waals surface area (Å²) in [5.74, 6) is -2.63. The normalized spacial score (nSPS) is 30.8. The highest BCUT2D eigenvalue weighted by atomic mass is 16.6. The molecule has 0 bridgehead atoms. The van der Waals surface area contributed by atoms with E-state index in [1.54, 1.807) is 9.80 Å². The summed E-state index contributed by atoms with van der Waals surface area (Å²) in [7, 11) is 0. The highest BCUT2D eigenvalue weighted by Gasteiger charge is 2.75. The number of rotatable bonds is 10. The molecular weight excluding hydrogens is 522 g/mol. The fourth-order valence-electron chi connectivity index (χ4n) is 7.20. The molecule has 0 aliphatic carbocycles. The molecule has 222 valence electrons. The molecule has 4 heterocycles. The number of benzene rings is 1. The maximum atomic E-state index is 14.6. The van der Waals surface area contributed by atoms with Crippen molar-refractivity contribution in [1.82, 2.24) is 4.90 Å². The molecule has 9 nitrogen and oxygen atoms in total. The SMILES string of the molecule is CCN(CC)c1ccc(N2CC=C[C@]34O[C@@]5(CC)C=CCCOC(=O)[C@H]5[C@H]3C(=O)N(CCCCCO)C4C2=O)cc1. The molecule has 0 radical (unpaired) electrons. The number of hydrogen-bond acceptors (Lipinski definition) is 7. The monoisotopic (exact) mass is 565 g/mol. The van der Waals surface area contributed by atoms with Gasteiger partial charge in [0.15, 0.2) is 0 Å². The zero-order valence-corrected chi connectivity index (χ0v) is 24.5. The Kier molecular flexibility index (Phi) is 8.57. The van der Waals surface area contributed by atoms with E-state index in [2.05, 4.69) is 18.7 Å². The molecule has 41 heavy (non-hydrogen) atoms. The van der Waals surface area contributed by atoms with Crippen LogP contribution in [-0.4, -0.2) is 84.4 Å². The molecule has 1 aromatic rings. The number of carbonyl (C=O) groups is 3. The summed E-state index contributed by atoms with van der Waals surface area (Å²) in [5, 5.41) is 9.29. The van der Waals surface area contributed by atoms with Crippen LogP contribution in [0.3, 0.4) is 0 Å². The number of fused-ring (bicyclic) bond motifs is 2. The van der Waals surface area contributed by atoms with Crippen LogP contribution < -0.4 is 9.80 Å². The van der Waals surface area contributed by atoms with E-state index in [1.165, 1.54) is 0 Å². The van der Waals surface area contributed by atoms with Crippen LogP contribution in [0, 0.1) is 11.8 Å². The Morgan fingerprint density at radius 3 is 2.39 bits per heavy atom. The quantitative estimate of drug-likeness (QED) is 0.264. The molecule has 0 aromatic heterocycles. The highest BCUT2D eigenvalue weighted by molar-refractivity contribution is 6.05. The van der Waals surface area contributed by atoms with Crippen molar-refractivity contribution in [2.45, 2.75) is 70.1 Å². The van der Waals surface area contributed by atoms with Crippen LogP contribution in [0.5, 0.6) is 0 Å². The van der Waals surface area contributed by atoms with E-state index in [0.29, 0.717) is 38.8 Å². The predicted octanol–water partition coefficient (Wildman–Crippen LogP) is 3.46. The Labute approximate surface area is 242 Å². The molecule has 4 aliphatic rings. The number of anilines is 2. The lowest BCUT2D eigenvalue weighted by molar-refractivity contribution is -0.160. The third kappa shape index (κ3) is 4.87. The number of hydrogen-bond donors (Lipinski definition) is 1. The Balaban J connectivity index is 1.56. The molecule has 4 aliphatic heterocycles. The lowest BCUT2D eigenvalue weighted by atomic mass is 9.73. The van der Waals surface area contributed by atoms with Crippen molar-refractivity contribution in [2.75, 3.05) is 49.2 Å². The van der Waals surface area contributed by atoms with Gasteiger partial charge in [-0.05, 0) is 70.2 Å². The molecule has 2 saturated heterocycles. The number of esters is 1. The first kappa shape index (κ1) is 29.3. The summed E-state index contributed by atoms with van der Waals surface area (Å²) in [6, 6.07) is 7.03. The molecule has 5 atom stereocenters. The second-order valence-electron chi connectivity index (χ2n) is 11.3. The number of nitrogens with zero attached hydrogens (tertiary/aromatic N) is 3. The van der Waals surface area contributed by atoms with E-state index < -0.39 is 35.0 Å². The Hall–Kier alpha value is -3.17. The van der Waals surface area contributed by atoms with Gasteiger partial charge in [-0.3, -0.25) is 14.4 Å². The predicted molar refractivity (Wildman–Crippen MR) is 156 cm³/mol. The van der Waals surface area contributed by atoms with Gasteiger partial charge in [0.1, 0.15) is 23.2 Å². The minimum Gasteiger partial charge on any atom is -0.465 e. The lowest BCUT2D eigenvalue weighted by Crippen LogP contribution is -2.56. The van der Waals surface area contributed by atoms with Gasteiger partial charge >= 0.3 is 5.97 Å². The fourth-order valence-corrected chi connectivity index (χ4v) is 7.20. The molecular formula is C32H43N3O6. The zero-order valence-electron chi connectivity index (χ0n) is 24.5. The van der Waals surface area contributed by atoms with Gasteiger partial charge in [-0.2, -0.15) is 0 Å². The number of aliphatic hydroxyl groups is 1. The molecule has 1 N–H and O–H groups in total. The first-order valence-electron chi connectivity index (χ1n) is 15.2. The van der Waals surface area contributed by atoms with E-state index in [0.717, 1.165) is 30.9 Å². The van der Waals surface area contributed by atoms with E-state index >= 15 is 0 Å². The van der Waals surface area contributed by atoms with Crippen molar-refractivity contribution in [3.05, 3.63) is 48.6 Å². The standard InChI is InChI=1S/C32H43N3O6/c1-4-31-17-8-11-22-40-30(39)26(31)25-28(37)35(19-9-7-10-21-36)27-29(38)34(20-12-18-32(25,27)41-31)24-15-13-23(14-16-24)33(5-2)6-3/h8,12-18,25-27,36H,4-7,9-11,19-22H2,1-3H3/t25-,26+,27?,31-,32-/m0/s1. The van der Waals surface area contributed by atoms with Crippen LogP contribution in [-0.2, 0) is 23.9 Å². The zero-order chi connectivity index (χ0) is 29.2. The van der Waals surface area contributed by atoms with Crippen LogP contribution in [0.15, 0.2) is 48.6 Å². The average Bonchev–Trinajstić information content (AvgIpc) is 3.32. The topological polar surface area (TPSA) is 99.6 Å². The molecule has 0 saturated carbocycles. The molecule has 2 amide bonds. The van der Waals surface area contributed by atoms with Gasteiger partial charge in [-0.25, -0.2) is 0 Å². The molecule has 9 heteroatoms. The van der Waals surface area contributed by atoms with Gasteiger partial charge in [0.25, 0.3) is 5.91 Å². The highest BCUT2D eigenvalue weighted by Crippen LogP contribution is 2.58. The number of unbranched alkanes of at least 4 members (excludes halogenated alkanes) is 2. The van der Waals surface area contributed by atoms with Crippen molar-refractivity contribution in [3.8, 4) is 0 Å². The summed E-state index contributed by atoms with van der Waals surface area (Å²) >= 11 is 0. The second-order valence-corrected chi connectivity index (χ2v) is 11.3. The summed E-state index contributed by atoms with van der Waals surface area (Å²) < 4.78 is 12.5. The summed E-state index contributed by atoms with van der Waals surface area (Å²) in [6.07, 6.45) is 10.7. The smallest absolute Gasteiger partial charge is 0.313 e. The number of cyclic esters (lactones) is 1. The summed E-state index contributed by atoms with van der Waals surface area (Å²) in [6.45, 7) is 8.93. The van der Waals surface area contributed by atoms with Crippen molar-refractivity contribution in [1.29, 1.82) is 0 Å². The van der Waals surface area contributed by atoms with E-state index in [1.807, 2.05) is 55.5 Å². The van der Waals surface area contributed by atoms with Crippen molar-refractivity contribution in [3.63, 3.8) is 0 Å². The number of carbonyl (C=O) groups excluding carboxylic acids is 3. The fraction of sp³-hybridized carbons (Fsp3) is 0.594. The Bertz CT molecular complexity index is 1190. The number of amides is 2. The number of ether oxygens (including phenoxy) is 2. The second kappa shape index (κ2) is 12.0. The maximum Gasteiger partial charge on any atom is 0.313 e. The largest absolute Gasteiger partial charge is 0.465 e. The first-order chi connectivity index (χ1) is 19.9. The number of aliphatic hydroxyl groups excluding tert-OH is 1. The van der Waals surface area contributed by atoms with E-state index in [9.17, 15) is 19.5 Å². The Morgan fingerprint density at radius 2 is 1.71 bits per heavy atom.